The van der Waals surface area contributed by atoms with Gasteiger partial charge in [0.15, 0.2) is 0 Å². The second-order valence-corrected chi connectivity index (χ2v) is 6.44. The molecule has 2 fully saturated rings. The fourth-order valence-electron chi connectivity index (χ4n) is 3.88. The molecule has 3 nitrogen and oxygen atoms in total. The van der Waals surface area contributed by atoms with Crippen LogP contribution < -0.4 is 5.32 Å². The van der Waals surface area contributed by atoms with Crippen LogP contribution in [0, 0.1) is 5.92 Å². The highest BCUT2D eigenvalue weighted by molar-refractivity contribution is 5.00. The van der Waals surface area contributed by atoms with Gasteiger partial charge in [0.2, 0.25) is 0 Å². The minimum atomic E-state index is -0.101. The van der Waals surface area contributed by atoms with Crippen molar-refractivity contribution in [2.45, 2.75) is 70.1 Å². The molecule has 1 saturated heterocycles. The van der Waals surface area contributed by atoms with E-state index in [1.807, 2.05) is 0 Å². The first kappa shape index (κ1) is 14.3. The quantitative estimate of drug-likeness (QED) is 0.819. The van der Waals surface area contributed by atoms with Gasteiger partial charge >= 0.3 is 0 Å². The molecule has 2 aliphatic rings. The van der Waals surface area contributed by atoms with Crippen molar-refractivity contribution in [2.75, 3.05) is 20.3 Å². The minimum absolute atomic E-state index is 0.101. The van der Waals surface area contributed by atoms with Crippen LogP contribution in [0.2, 0.25) is 0 Å². The van der Waals surface area contributed by atoms with Gasteiger partial charge in [0.25, 0.3) is 0 Å². The Morgan fingerprint density at radius 2 is 2.17 bits per heavy atom. The Kier molecular flexibility index (Phi) is 4.35. The molecular formula is C15H29NO2. The van der Waals surface area contributed by atoms with Crippen LogP contribution in [0.25, 0.3) is 0 Å². The Labute approximate surface area is 112 Å². The third kappa shape index (κ3) is 2.73. The molecule has 1 spiro atoms. The molecule has 18 heavy (non-hydrogen) atoms. The molecular weight excluding hydrogens is 226 g/mol. The molecule has 106 valence electrons. The Morgan fingerprint density at radius 1 is 1.44 bits per heavy atom. The average Bonchev–Trinajstić information content (AvgIpc) is 2.28. The number of ether oxygens (including phenoxy) is 2. The van der Waals surface area contributed by atoms with Gasteiger partial charge in [0, 0.05) is 19.3 Å². The van der Waals surface area contributed by atoms with Gasteiger partial charge in [-0.15, -0.1) is 0 Å². The number of hydrogen-bond acceptors (Lipinski definition) is 3. The van der Waals surface area contributed by atoms with E-state index in [9.17, 15) is 0 Å². The van der Waals surface area contributed by atoms with Gasteiger partial charge in [0.1, 0.15) is 0 Å². The van der Waals surface area contributed by atoms with Crippen molar-refractivity contribution in [2.24, 2.45) is 5.92 Å². The first-order valence-electron chi connectivity index (χ1n) is 7.48. The summed E-state index contributed by atoms with van der Waals surface area (Å²) in [6, 6.07) is 0.416. The summed E-state index contributed by atoms with van der Waals surface area (Å²) in [6.07, 6.45) is 6.22. The maximum atomic E-state index is 6.03. The van der Waals surface area contributed by atoms with Crippen LogP contribution >= 0.6 is 0 Å². The van der Waals surface area contributed by atoms with E-state index >= 15 is 0 Å². The van der Waals surface area contributed by atoms with E-state index in [1.54, 1.807) is 0 Å². The lowest BCUT2D eigenvalue weighted by Gasteiger charge is -2.50. The Hall–Kier alpha value is -0.120. The molecule has 2 rings (SSSR count). The zero-order chi connectivity index (χ0) is 13.2. The molecule has 2 atom stereocenters. The first-order chi connectivity index (χ1) is 8.53. The van der Waals surface area contributed by atoms with Gasteiger partial charge in [-0.25, -0.2) is 0 Å². The van der Waals surface area contributed by atoms with Crippen molar-refractivity contribution in [3.63, 3.8) is 0 Å². The third-order valence-electron chi connectivity index (χ3n) is 4.84. The molecule has 1 aliphatic carbocycles. The van der Waals surface area contributed by atoms with Crippen molar-refractivity contribution < 1.29 is 9.47 Å². The van der Waals surface area contributed by atoms with Gasteiger partial charge < -0.3 is 14.8 Å². The van der Waals surface area contributed by atoms with E-state index in [1.165, 1.54) is 25.7 Å². The zero-order valence-electron chi connectivity index (χ0n) is 12.4. The summed E-state index contributed by atoms with van der Waals surface area (Å²) in [5.74, 6) is 0.672. The smallest absolute Gasteiger partial charge is 0.0781 e. The highest BCUT2D eigenvalue weighted by atomic mass is 16.5. The summed E-state index contributed by atoms with van der Waals surface area (Å²) in [4.78, 5) is 0. The maximum absolute atomic E-state index is 6.03. The summed E-state index contributed by atoms with van der Waals surface area (Å²) in [6.45, 7) is 8.19. The largest absolute Gasteiger partial charge is 0.375 e. The van der Waals surface area contributed by atoms with Crippen molar-refractivity contribution in [1.29, 1.82) is 0 Å². The number of rotatable bonds is 5. The predicted octanol–water partition coefficient (Wildman–Crippen LogP) is 2.74. The van der Waals surface area contributed by atoms with Gasteiger partial charge in [-0.1, -0.05) is 0 Å². The second-order valence-electron chi connectivity index (χ2n) is 6.44. The van der Waals surface area contributed by atoms with E-state index in [0.717, 1.165) is 19.6 Å². The van der Waals surface area contributed by atoms with E-state index < -0.39 is 0 Å². The molecule has 0 aromatic heterocycles. The third-order valence-corrected chi connectivity index (χ3v) is 4.84. The predicted molar refractivity (Wildman–Crippen MR) is 73.8 cm³/mol. The second kappa shape index (κ2) is 5.48. The molecule has 0 radical (unpaired) electrons. The topological polar surface area (TPSA) is 30.5 Å². The summed E-state index contributed by atoms with van der Waals surface area (Å²) in [5.41, 5.74) is 0.122. The Morgan fingerprint density at radius 3 is 2.67 bits per heavy atom. The van der Waals surface area contributed by atoms with Crippen LogP contribution in [0.5, 0.6) is 0 Å². The molecule has 0 amide bonds. The first-order valence-corrected chi connectivity index (χ1v) is 7.48. The Bertz CT molecular complexity index is 274. The fraction of sp³-hybridized carbons (Fsp3) is 1.00. The molecule has 0 aromatic rings. The van der Waals surface area contributed by atoms with E-state index in [4.69, 9.17) is 9.47 Å². The summed E-state index contributed by atoms with van der Waals surface area (Å²) >= 11 is 0. The molecule has 2 unspecified atom stereocenters. The molecule has 1 aliphatic heterocycles. The van der Waals surface area contributed by atoms with Gasteiger partial charge in [-0.3, -0.25) is 0 Å². The number of nitrogens with one attached hydrogen (secondary N) is 1. The van der Waals surface area contributed by atoms with Crippen LogP contribution in [0.15, 0.2) is 0 Å². The molecule has 0 bridgehead atoms. The van der Waals surface area contributed by atoms with E-state index in [-0.39, 0.29) is 11.2 Å². The Balaban J connectivity index is 2.02. The highest BCUT2D eigenvalue weighted by Gasteiger charge is 2.46. The van der Waals surface area contributed by atoms with E-state index in [2.05, 4.69) is 33.1 Å². The molecule has 3 heteroatoms. The van der Waals surface area contributed by atoms with E-state index in [0.29, 0.717) is 12.0 Å². The highest BCUT2D eigenvalue weighted by Crippen LogP contribution is 2.46. The summed E-state index contributed by atoms with van der Waals surface area (Å²) < 4.78 is 12.0. The van der Waals surface area contributed by atoms with Crippen LogP contribution in [0.4, 0.5) is 0 Å². The van der Waals surface area contributed by atoms with Crippen molar-refractivity contribution in [1.82, 2.24) is 5.32 Å². The van der Waals surface area contributed by atoms with Crippen LogP contribution in [0.1, 0.15) is 52.9 Å². The molecule has 1 N–H and O–H groups in total. The molecule has 0 aromatic carbocycles. The number of likely N-dealkylation sites (N-methyl/N-ethyl adjacent to an activating group) is 1. The summed E-state index contributed by atoms with van der Waals surface area (Å²) in [5, 5.41) is 3.50. The van der Waals surface area contributed by atoms with Crippen LogP contribution in [0.3, 0.4) is 0 Å². The molecule has 1 saturated carbocycles. The number of hydrogen-bond donors (Lipinski definition) is 1. The van der Waals surface area contributed by atoms with Crippen molar-refractivity contribution in [3.05, 3.63) is 0 Å². The minimum Gasteiger partial charge on any atom is -0.375 e. The SMILES string of the molecule is CCOC(C)(C)C(NC)C1CCOC2(CCC2)C1. The van der Waals surface area contributed by atoms with Crippen LogP contribution in [-0.4, -0.2) is 37.5 Å². The lowest BCUT2D eigenvalue weighted by Crippen LogP contribution is -2.56. The normalized spacial score (nSPS) is 29.0. The lowest BCUT2D eigenvalue weighted by atomic mass is 9.68. The van der Waals surface area contributed by atoms with Crippen molar-refractivity contribution in [3.8, 4) is 0 Å². The van der Waals surface area contributed by atoms with Crippen molar-refractivity contribution >= 4 is 0 Å². The standard InChI is InChI=1S/C15H29NO2/c1-5-17-14(2,3)13(16-4)12-7-10-18-15(11-12)8-6-9-15/h12-13,16H,5-11H2,1-4H3. The maximum Gasteiger partial charge on any atom is 0.0781 e. The van der Waals surface area contributed by atoms with Gasteiger partial charge in [-0.2, -0.15) is 0 Å². The van der Waals surface area contributed by atoms with Gasteiger partial charge in [0.05, 0.1) is 11.2 Å². The zero-order valence-corrected chi connectivity index (χ0v) is 12.4. The molecule has 1 heterocycles. The fourth-order valence-corrected chi connectivity index (χ4v) is 3.88. The average molecular weight is 255 g/mol. The monoisotopic (exact) mass is 255 g/mol. The summed E-state index contributed by atoms with van der Waals surface area (Å²) in [7, 11) is 2.06. The van der Waals surface area contributed by atoms with Crippen LogP contribution in [-0.2, 0) is 9.47 Å². The van der Waals surface area contributed by atoms with Gasteiger partial charge in [-0.05, 0) is 65.8 Å². The lowest BCUT2D eigenvalue weighted by molar-refractivity contribution is -0.159.